The quantitative estimate of drug-likeness (QED) is 0.586. The Hall–Kier alpha value is -3.22. The first kappa shape index (κ1) is 19.5. The van der Waals surface area contributed by atoms with Gasteiger partial charge >= 0.3 is 6.09 Å². The molecule has 0 saturated heterocycles. The average Bonchev–Trinajstić information content (AvgIpc) is 2.91. The third kappa shape index (κ3) is 3.88. The number of fused-ring (bicyclic) bond motifs is 1. The summed E-state index contributed by atoms with van der Waals surface area (Å²) >= 11 is 0. The van der Waals surface area contributed by atoms with Gasteiger partial charge in [0.15, 0.2) is 0 Å². The van der Waals surface area contributed by atoms with Crippen LogP contribution in [-0.2, 0) is 9.53 Å². The molecule has 2 aromatic carbocycles. The largest absolute Gasteiger partial charge is 0.443 e. The maximum atomic E-state index is 13.3. The second kappa shape index (κ2) is 7.42. The Morgan fingerprint density at radius 1 is 1.14 bits per heavy atom. The van der Waals surface area contributed by atoms with Crippen molar-refractivity contribution >= 4 is 17.7 Å². The lowest BCUT2D eigenvalue weighted by Crippen LogP contribution is -2.40. The lowest BCUT2D eigenvalue weighted by Gasteiger charge is -2.24. The predicted molar refractivity (Wildman–Crippen MR) is 104 cm³/mol. The topological polar surface area (TPSA) is 89.8 Å². The molecule has 1 aliphatic rings. The van der Waals surface area contributed by atoms with Crippen molar-refractivity contribution in [3.63, 3.8) is 0 Å². The summed E-state index contributed by atoms with van der Waals surface area (Å²) in [5.74, 6) is -2.04. The number of nitro groups is 1. The minimum atomic E-state index is -0.837. The van der Waals surface area contributed by atoms with E-state index in [-0.39, 0.29) is 0 Å². The zero-order valence-corrected chi connectivity index (χ0v) is 16.0. The zero-order valence-electron chi connectivity index (χ0n) is 16.0. The molecule has 0 aliphatic carbocycles. The van der Waals surface area contributed by atoms with E-state index >= 15 is 0 Å². The van der Waals surface area contributed by atoms with Gasteiger partial charge in [0, 0.05) is 4.92 Å². The summed E-state index contributed by atoms with van der Waals surface area (Å²) in [5.41, 5.74) is 0.910. The summed E-state index contributed by atoms with van der Waals surface area (Å²) in [4.78, 5) is 37.9. The van der Waals surface area contributed by atoms with Crippen molar-refractivity contribution < 1.29 is 19.2 Å². The van der Waals surface area contributed by atoms with E-state index < -0.39 is 40.9 Å². The molecule has 146 valence electrons. The number of carbonyl (C=O) groups is 2. The van der Waals surface area contributed by atoms with Crippen LogP contribution in [0.3, 0.4) is 0 Å². The summed E-state index contributed by atoms with van der Waals surface area (Å²) in [6.45, 7) is 4.73. The smallest absolute Gasteiger partial charge is 0.421 e. The Kier molecular flexibility index (Phi) is 5.18. The van der Waals surface area contributed by atoms with Crippen molar-refractivity contribution in [1.82, 2.24) is 0 Å². The molecular formula is C21H22N2O5. The van der Waals surface area contributed by atoms with Gasteiger partial charge in [0.2, 0.25) is 12.5 Å². The minimum absolute atomic E-state index is 0.413. The third-order valence-electron chi connectivity index (χ3n) is 4.55. The van der Waals surface area contributed by atoms with Crippen LogP contribution in [0.15, 0.2) is 54.6 Å². The van der Waals surface area contributed by atoms with Gasteiger partial charge in [0.1, 0.15) is 5.60 Å². The highest BCUT2D eigenvalue weighted by molar-refractivity contribution is 6.19. The lowest BCUT2D eigenvalue weighted by atomic mass is 9.82. The Morgan fingerprint density at radius 3 is 2.36 bits per heavy atom. The third-order valence-corrected chi connectivity index (χ3v) is 4.55. The standard InChI is InChI=1S/C21H22N2O5/c1-21(2,3)28-20(25)23-17-12-8-7-11-15(17)18(19(23)24)16(13-22(26)27)14-9-5-4-6-10-14/h4-12,16,18H,13H2,1-3H3/t16-,18-/m1/s1. The van der Waals surface area contributed by atoms with Gasteiger partial charge in [-0.25, -0.2) is 9.69 Å². The fourth-order valence-electron chi connectivity index (χ4n) is 3.49. The molecule has 0 radical (unpaired) electrons. The number of rotatable bonds is 4. The van der Waals surface area contributed by atoms with E-state index in [1.807, 2.05) is 6.07 Å². The number of anilines is 1. The Bertz CT molecular complexity index is 905. The number of imide groups is 1. The van der Waals surface area contributed by atoms with Crippen LogP contribution in [0, 0.1) is 10.1 Å². The fourth-order valence-corrected chi connectivity index (χ4v) is 3.49. The zero-order chi connectivity index (χ0) is 20.5. The number of para-hydroxylation sites is 1. The van der Waals surface area contributed by atoms with Crippen molar-refractivity contribution in [1.29, 1.82) is 0 Å². The van der Waals surface area contributed by atoms with E-state index in [0.717, 1.165) is 4.90 Å². The fraction of sp³-hybridized carbons (Fsp3) is 0.333. The molecule has 0 N–H and O–H groups in total. The molecule has 1 heterocycles. The summed E-state index contributed by atoms with van der Waals surface area (Å²) in [7, 11) is 0. The summed E-state index contributed by atoms with van der Waals surface area (Å²) in [5, 5.41) is 11.4. The summed E-state index contributed by atoms with van der Waals surface area (Å²) in [6, 6.07) is 15.8. The maximum absolute atomic E-state index is 13.3. The van der Waals surface area contributed by atoms with Crippen LogP contribution in [0.5, 0.6) is 0 Å². The normalized spacial score (nSPS) is 17.2. The van der Waals surface area contributed by atoms with Crippen molar-refractivity contribution in [2.75, 3.05) is 11.4 Å². The Labute approximate surface area is 163 Å². The van der Waals surface area contributed by atoms with Gasteiger partial charge in [-0.1, -0.05) is 48.5 Å². The van der Waals surface area contributed by atoms with Crippen molar-refractivity contribution in [3.05, 3.63) is 75.8 Å². The molecule has 0 bridgehead atoms. The molecule has 1 aliphatic heterocycles. The van der Waals surface area contributed by atoms with E-state index in [0.29, 0.717) is 16.8 Å². The van der Waals surface area contributed by atoms with Gasteiger partial charge in [0.05, 0.1) is 17.5 Å². The molecule has 3 rings (SSSR count). The van der Waals surface area contributed by atoms with E-state index in [1.54, 1.807) is 69.3 Å². The van der Waals surface area contributed by atoms with Crippen LogP contribution in [0.1, 0.15) is 43.7 Å². The van der Waals surface area contributed by atoms with E-state index in [2.05, 4.69) is 0 Å². The molecule has 28 heavy (non-hydrogen) atoms. The van der Waals surface area contributed by atoms with Crippen molar-refractivity contribution in [2.24, 2.45) is 0 Å². The van der Waals surface area contributed by atoms with Crippen LogP contribution in [-0.4, -0.2) is 29.1 Å². The molecule has 0 aromatic heterocycles. The van der Waals surface area contributed by atoms with Crippen molar-refractivity contribution in [2.45, 2.75) is 38.2 Å². The molecule has 2 amide bonds. The van der Waals surface area contributed by atoms with Crippen LogP contribution in [0.2, 0.25) is 0 Å². The predicted octanol–water partition coefficient (Wildman–Crippen LogP) is 4.11. The number of amides is 2. The highest BCUT2D eigenvalue weighted by Gasteiger charge is 2.47. The van der Waals surface area contributed by atoms with Crippen LogP contribution in [0.4, 0.5) is 10.5 Å². The van der Waals surface area contributed by atoms with Gasteiger partial charge in [0.25, 0.3) is 0 Å². The molecule has 7 nitrogen and oxygen atoms in total. The molecule has 2 aromatic rings. The van der Waals surface area contributed by atoms with Gasteiger partial charge < -0.3 is 4.74 Å². The van der Waals surface area contributed by atoms with Gasteiger partial charge in [-0.3, -0.25) is 14.9 Å². The van der Waals surface area contributed by atoms with Crippen LogP contribution >= 0.6 is 0 Å². The second-order valence-electron chi connectivity index (χ2n) is 7.72. The molecule has 0 unspecified atom stereocenters. The molecular weight excluding hydrogens is 360 g/mol. The Balaban J connectivity index is 2.07. The van der Waals surface area contributed by atoms with Gasteiger partial charge in [-0.15, -0.1) is 0 Å². The van der Waals surface area contributed by atoms with Crippen molar-refractivity contribution in [3.8, 4) is 0 Å². The second-order valence-corrected chi connectivity index (χ2v) is 7.72. The minimum Gasteiger partial charge on any atom is -0.443 e. The highest BCUT2D eigenvalue weighted by atomic mass is 16.6. The highest BCUT2D eigenvalue weighted by Crippen LogP contribution is 2.45. The van der Waals surface area contributed by atoms with E-state index in [4.69, 9.17) is 4.74 Å². The maximum Gasteiger partial charge on any atom is 0.421 e. The lowest BCUT2D eigenvalue weighted by molar-refractivity contribution is -0.483. The first-order valence-corrected chi connectivity index (χ1v) is 9.01. The number of hydrogen-bond acceptors (Lipinski definition) is 5. The number of hydrogen-bond donors (Lipinski definition) is 0. The van der Waals surface area contributed by atoms with Crippen LogP contribution in [0.25, 0.3) is 0 Å². The van der Waals surface area contributed by atoms with Gasteiger partial charge in [-0.05, 0) is 38.0 Å². The Morgan fingerprint density at radius 2 is 1.75 bits per heavy atom. The monoisotopic (exact) mass is 382 g/mol. The number of nitrogens with zero attached hydrogens (tertiary/aromatic N) is 2. The first-order chi connectivity index (χ1) is 13.2. The summed E-state index contributed by atoms with van der Waals surface area (Å²) < 4.78 is 5.40. The molecule has 2 atom stereocenters. The number of carbonyl (C=O) groups excluding carboxylic acids is 2. The average molecular weight is 382 g/mol. The SMILES string of the molecule is CC(C)(C)OC(=O)N1C(=O)[C@@H]([C@H](C[N+](=O)[O-])c2ccccc2)c2ccccc21. The van der Waals surface area contributed by atoms with E-state index in [9.17, 15) is 19.7 Å². The summed E-state index contributed by atoms with van der Waals surface area (Å²) in [6.07, 6.45) is -0.777. The van der Waals surface area contributed by atoms with E-state index in [1.165, 1.54) is 0 Å². The number of benzene rings is 2. The molecule has 7 heteroatoms. The molecule has 0 saturated carbocycles. The molecule has 0 fully saturated rings. The van der Waals surface area contributed by atoms with Gasteiger partial charge in [-0.2, -0.15) is 0 Å². The number of ether oxygens (including phenoxy) is 1. The van der Waals surface area contributed by atoms with Crippen LogP contribution < -0.4 is 4.90 Å². The molecule has 0 spiro atoms. The first-order valence-electron chi connectivity index (χ1n) is 9.01.